The van der Waals surface area contributed by atoms with E-state index >= 15 is 0 Å². The van der Waals surface area contributed by atoms with E-state index in [0.717, 1.165) is 0 Å². The van der Waals surface area contributed by atoms with Gasteiger partial charge in [-0.3, -0.25) is 19.7 Å². The number of hydrogen-bond donors (Lipinski definition) is 4. The van der Waals surface area contributed by atoms with Gasteiger partial charge in [0.25, 0.3) is 0 Å². The molecule has 8 nitrogen and oxygen atoms in total. The molecule has 0 saturated carbocycles. The number of alkyl halides is 1. The third-order valence-electron chi connectivity index (χ3n) is 2.07. The summed E-state index contributed by atoms with van der Waals surface area (Å²) >= 11 is 3.26. The molecule has 3 amide bonds. The van der Waals surface area contributed by atoms with E-state index in [1.807, 2.05) is 19.2 Å². The highest BCUT2D eigenvalue weighted by atomic mass is 79.9. The highest BCUT2D eigenvalue weighted by molar-refractivity contribution is 9.10. The molecule has 0 saturated heterocycles. The predicted molar refractivity (Wildman–Crippen MR) is 69.9 cm³/mol. The Kier molecular flexibility index (Phi) is 9.65. The van der Waals surface area contributed by atoms with Crippen LogP contribution in [0.25, 0.3) is 0 Å². The number of carboxylic acid groups (broad SMARTS) is 2. The molecular formula is C10H17BrN2O6. The molecule has 5 N–H and O–H groups in total. The van der Waals surface area contributed by atoms with Gasteiger partial charge in [-0.25, -0.2) is 4.79 Å². The number of carboxylic acids is 2. The lowest BCUT2D eigenvalue weighted by Crippen LogP contribution is -2.46. The quantitative estimate of drug-likeness (QED) is 0.427. The van der Waals surface area contributed by atoms with Gasteiger partial charge < -0.3 is 15.9 Å². The zero-order valence-corrected chi connectivity index (χ0v) is 12.2. The largest absolute Gasteiger partial charge is 0.481 e. The second kappa shape index (κ2) is 9.31. The summed E-state index contributed by atoms with van der Waals surface area (Å²) in [7, 11) is 0. The number of primary amides is 1. The van der Waals surface area contributed by atoms with Crippen LogP contribution in [0.1, 0.15) is 33.1 Å². The predicted octanol–water partition coefficient (Wildman–Crippen LogP) is 0.681. The summed E-state index contributed by atoms with van der Waals surface area (Å²) in [6.45, 7) is 3.72. The molecule has 9 heteroatoms. The summed E-state index contributed by atoms with van der Waals surface area (Å²) in [6.07, 6.45) is 0.422. The van der Waals surface area contributed by atoms with Crippen LogP contribution in [0.2, 0.25) is 0 Å². The summed E-state index contributed by atoms with van der Waals surface area (Å²) < 4.78 is -0.665. The summed E-state index contributed by atoms with van der Waals surface area (Å²) in [6, 6.07) is -0.814. The first kappa shape index (κ1) is 19.7. The van der Waals surface area contributed by atoms with Crippen LogP contribution in [0.4, 0.5) is 4.79 Å². The highest BCUT2D eigenvalue weighted by Crippen LogP contribution is 2.26. The Morgan fingerprint density at radius 2 is 1.47 bits per heavy atom. The molecule has 0 radical (unpaired) electrons. The zero-order valence-electron chi connectivity index (χ0n) is 10.6. The third-order valence-corrected chi connectivity index (χ3v) is 3.55. The van der Waals surface area contributed by atoms with E-state index in [9.17, 15) is 19.2 Å². The minimum atomic E-state index is -1.31. The summed E-state index contributed by atoms with van der Waals surface area (Å²) in [5.41, 5.74) is 4.81. The van der Waals surface area contributed by atoms with Crippen LogP contribution >= 0.6 is 15.9 Å². The van der Waals surface area contributed by atoms with E-state index in [1.54, 1.807) is 0 Å². The molecule has 0 unspecified atom stereocenters. The Morgan fingerprint density at radius 1 is 1.11 bits per heavy atom. The summed E-state index contributed by atoms with van der Waals surface area (Å²) in [5.74, 6) is -3.00. The van der Waals surface area contributed by atoms with E-state index in [0.29, 0.717) is 12.8 Å². The number of carbonyl (C=O) groups excluding carboxylic acids is 2. The van der Waals surface area contributed by atoms with Crippen molar-refractivity contribution in [1.29, 1.82) is 0 Å². The van der Waals surface area contributed by atoms with Crippen molar-refractivity contribution in [3.8, 4) is 0 Å². The van der Waals surface area contributed by atoms with Crippen molar-refractivity contribution in [1.82, 2.24) is 5.32 Å². The van der Waals surface area contributed by atoms with E-state index in [-0.39, 0.29) is 5.91 Å². The number of amides is 3. The molecule has 0 heterocycles. The van der Waals surface area contributed by atoms with Crippen LogP contribution in [-0.4, -0.2) is 38.4 Å². The summed E-state index contributed by atoms with van der Waals surface area (Å²) in [5, 5.41) is 17.4. The normalized spacial score (nSPS) is 9.84. The number of nitrogens with one attached hydrogen (secondary N) is 1. The van der Waals surface area contributed by atoms with Crippen molar-refractivity contribution >= 4 is 39.8 Å². The van der Waals surface area contributed by atoms with Gasteiger partial charge in [-0.1, -0.05) is 29.8 Å². The van der Waals surface area contributed by atoms with Gasteiger partial charge in [0, 0.05) is 0 Å². The molecule has 0 spiro atoms. The molecule has 0 aromatic heterocycles. The average Bonchev–Trinajstić information content (AvgIpc) is 2.25. The number of halogens is 1. The van der Waals surface area contributed by atoms with E-state index < -0.39 is 28.7 Å². The Labute approximate surface area is 118 Å². The van der Waals surface area contributed by atoms with Gasteiger partial charge >= 0.3 is 18.0 Å². The molecule has 0 fully saturated rings. The first-order valence-electron chi connectivity index (χ1n) is 5.32. The van der Waals surface area contributed by atoms with Crippen molar-refractivity contribution in [2.24, 2.45) is 5.73 Å². The Morgan fingerprint density at radius 3 is 1.63 bits per heavy atom. The number of urea groups is 1. The fraction of sp³-hybridized carbons (Fsp3) is 0.600. The standard InChI is InChI=1S/C7H13BrN2O2.C3H4O4/c1-3-7(8,4-2)5(11)10-6(9)12;4-2(5)1-3(6)7/h3-4H2,1-2H3,(H3,9,10,11,12);1H2,(H,4,5)(H,6,7). The maximum absolute atomic E-state index is 11.3. The maximum Gasteiger partial charge on any atom is 0.318 e. The van der Waals surface area contributed by atoms with Crippen LogP contribution in [0.15, 0.2) is 0 Å². The fourth-order valence-corrected chi connectivity index (χ4v) is 1.02. The minimum absolute atomic E-state index is 0.375. The van der Waals surface area contributed by atoms with E-state index in [4.69, 9.17) is 15.9 Å². The van der Waals surface area contributed by atoms with Crippen molar-refractivity contribution in [2.75, 3.05) is 0 Å². The van der Waals surface area contributed by atoms with Gasteiger partial charge in [-0.05, 0) is 12.8 Å². The molecule has 0 aliphatic rings. The van der Waals surface area contributed by atoms with Crippen LogP contribution in [0, 0.1) is 0 Å². The number of rotatable bonds is 5. The van der Waals surface area contributed by atoms with E-state index in [2.05, 4.69) is 15.9 Å². The van der Waals surface area contributed by atoms with Crippen LogP contribution in [-0.2, 0) is 14.4 Å². The SMILES string of the molecule is CCC(Br)(CC)C(=O)NC(N)=O.O=C(O)CC(=O)O. The number of aliphatic carboxylic acids is 2. The lowest BCUT2D eigenvalue weighted by Gasteiger charge is -2.21. The van der Waals surface area contributed by atoms with Crippen molar-refractivity contribution < 1.29 is 29.4 Å². The van der Waals surface area contributed by atoms with E-state index in [1.165, 1.54) is 0 Å². The zero-order chi connectivity index (χ0) is 15.6. The molecule has 0 rings (SSSR count). The van der Waals surface area contributed by atoms with Gasteiger partial charge in [0.05, 0.1) is 0 Å². The van der Waals surface area contributed by atoms with Crippen molar-refractivity contribution in [3.05, 3.63) is 0 Å². The molecule has 0 aliphatic carbocycles. The number of nitrogens with two attached hydrogens (primary N) is 1. The fourth-order valence-electron chi connectivity index (χ4n) is 0.924. The lowest BCUT2D eigenvalue weighted by atomic mass is 10.0. The smallest absolute Gasteiger partial charge is 0.318 e. The van der Waals surface area contributed by atoms with Crippen LogP contribution in [0.3, 0.4) is 0 Å². The Balaban J connectivity index is 0. The van der Waals surface area contributed by atoms with Gasteiger partial charge in [0.2, 0.25) is 5.91 Å². The van der Waals surface area contributed by atoms with Gasteiger partial charge in [0.1, 0.15) is 10.7 Å². The molecule has 0 aliphatic heterocycles. The second-order valence-corrected chi connectivity index (χ2v) is 4.97. The maximum atomic E-state index is 11.3. The van der Waals surface area contributed by atoms with Gasteiger partial charge in [-0.15, -0.1) is 0 Å². The summed E-state index contributed by atoms with van der Waals surface area (Å²) in [4.78, 5) is 40.5. The average molecular weight is 341 g/mol. The monoisotopic (exact) mass is 340 g/mol. The van der Waals surface area contributed by atoms with Gasteiger partial charge in [-0.2, -0.15) is 0 Å². The Bertz CT molecular complexity index is 342. The molecular weight excluding hydrogens is 324 g/mol. The number of imide groups is 1. The first-order chi connectivity index (χ1) is 8.58. The lowest BCUT2D eigenvalue weighted by molar-refractivity contribution is -0.147. The van der Waals surface area contributed by atoms with Crippen molar-refractivity contribution in [3.63, 3.8) is 0 Å². The number of carbonyl (C=O) groups is 4. The highest BCUT2D eigenvalue weighted by Gasteiger charge is 2.32. The molecule has 0 bridgehead atoms. The molecule has 0 atom stereocenters. The molecule has 110 valence electrons. The second-order valence-electron chi connectivity index (χ2n) is 3.46. The molecule has 0 aromatic rings. The Hall–Kier alpha value is -1.64. The first-order valence-corrected chi connectivity index (χ1v) is 6.11. The van der Waals surface area contributed by atoms with Crippen molar-refractivity contribution in [2.45, 2.75) is 37.4 Å². The third kappa shape index (κ3) is 10.0. The van der Waals surface area contributed by atoms with Crippen LogP contribution in [0.5, 0.6) is 0 Å². The molecule has 19 heavy (non-hydrogen) atoms. The topological polar surface area (TPSA) is 147 Å². The number of hydrogen-bond acceptors (Lipinski definition) is 4. The minimum Gasteiger partial charge on any atom is -0.481 e. The van der Waals surface area contributed by atoms with Crippen LogP contribution < -0.4 is 11.1 Å². The van der Waals surface area contributed by atoms with Gasteiger partial charge in [0.15, 0.2) is 0 Å². The molecule has 0 aromatic carbocycles.